The molecule has 0 spiro atoms. The molecule has 0 rings (SSSR count). The third-order valence-corrected chi connectivity index (χ3v) is 11.5. The maximum absolute atomic E-state index is 14.2. The van der Waals surface area contributed by atoms with E-state index in [1.807, 2.05) is 0 Å². The Hall–Kier alpha value is -1.61. The standard InChI is InChI=1S/C53H100N2O/c1-6-9-12-15-18-20-22-24-26-28-30-32-34-36-38-41-44-48-52(47-43-40-37-35-33-31-29-27-25-23-21-19-16-13-10-7-2)53(56)55(51-46-49-54(4)5)50-45-42-39-17-14-11-8-3/h18-21,24-27,52H,6-17,22-23,28-51H2,1-5H3/b20-18-,21-19-,26-24-,27-25-. The van der Waals surface area contributed by atoms with E-state index in [2.05, 4.69) is 93.3 Å². The molecule has 0 aromatic rings. The number of carbonyl (C=O) groups excluding carboxylic acids is 1. The first-order valence-electron chi connectivity index (χ1n) is 25.1. The number of carbonyl (C=O) groups is 1. The third kappa shape index (κ3) is 40.6. The fourth-order valence-corrected chi connectivity index (χ4v) is 7.75. The van der Waals surface area contributed by atoms with Crippen molar-refractivity contribution in [2.45, 2.75) is 245 Å². The normalized spacial score (nSPS) is 12.8. The summed E-state index contributed by atoms with van der Waals surface area (Å²) in [6.07, 6.45) is 63.4. The van der Waals surface area contributed by atoms with E-state index < -0.39 is 0 Å². The van der Waals surface area contributed by atoms with Gasteiger partial charge < -0.3 is 9.80 Å². The van der Waals surface area contributed by atoms with Crippen LogP contribution in [0.3, 0.4) is 0 Å². The minimum absolute atomic E-state index is 0.225. The van der Waals surface area contributed by atoms with Crippen LogP contribution >= 0.6 is 0 Å². The lowest BCUT2D eigenvalue weighted by molar-refractivity contribution is -0.136. The fourth-order valence-electron chi connectivity index (χ4n) is 7.75. The molecule has 0 aliphatic carbocycles. The molecule has 0 N–H and O–H groups in total. The highest BCUT2D eigenvalue weighted by molar-refractivity contribution is 5.78. The molecular formula is C53H100N2O. The highest BCUT2D eigenvalue weighted by atomic mass is 16.2. The van der Waals surface area contributed by atoms with Crippen molar-refractivity contribution in [3.63, 3.8) is 0 Å². The van der Waals surface area contributed by atoms with E-state index in [0.29, 0.717) is 5.91 Å². The SMILES string of the molecule is CCCCC/C=C\C/C=C\CCCCCCCCCC(CCCCCCCC/C=C\C/C=C\CCCCC)C(=O)N(CCCCCCCCC)CCCN(C)C. The molecule has 0 heterocycles. The Morgan fingerprint density at radius 3 is 1.11 bits per heavy atom. The van der Waals surface area contributed by atoms with Crippen LogP contribution in [0.4, 0.5) is 0 Å². The number of amides is 1. The van der Waals surface area contributed by atoms with E-state index in [4.69, 9.17) is 0 Å². The van der Waals surface area contributed by atoms with Crippen LogP contribution in [-0.4, -0.2) is 49.4 Å². The van der Waals surface area contributed by atoms with Crippen molar-refractivity contribution in [1.82, 2.24) is 9.80 Å². The van der Waals surface area contributed by atoms with Gasteiger partial charge >= 0.3 is 0 Å². The van der Waals surface area contributed by atoms with Crippen LogP contribution in [0.15, 0.2) is 48.6 Å². The molecule has 1 amide bonds. The van der Waals surface area contributed by atoms with Gasteiger partial charge in [0.1, 0.15) is 0 Å². The summed E-state index contributed by atoms with van der Waals surface area (Å²) in [5, 5.41) is 0. The van der Waals surface area contributed by atoms with Crippen LogP contribution in [-0.2, 0) is 4.79 Å². The molecule has 3 nitrogen and oxygen atoms in total. The maximum atomic E-state index is 14.2. The number of hydrogen-bond acceptors (Lipinski definition) is 2. The van der Waals surface area contributed by atoms with Crippen molar-refractivity contribution in [3.05, 3.63) is 48.6 Å². The summed E-state index contributed by atoms with van der Waals surface area (Å²) in [5.74, 6) is 0.708. The van der Waals surface area contributed by atoms with Gasteiger partial charge in [-0.25, -0.2) is 0 Å². The lowest BCUT2D eigenvalue weighted by Crippen LogP contribution is -2.38. The Balaban J connectivity index is 4.69. The molecule has 0 saturated heterocycles. The maximum Gasteiger partial charge on any atom is 0.225 e. The molecule has 0 bridgehead atoms. The van der Waals surface area contributed by atoms with Gasteiger partial charge in [0.05, 0.1) is 0 Å². The molecule has 0 aliphatic rings. The molecule has 1 atom stereocenters. The largest absolute Gasteiger partial charge is 0.342 e. The van der Waals surface area contributed by atoms with Crippen LogP contribution in [0.2, 0.25) is 0 Å². The van der Waals surface area contributed by atoms with Crippen LogP contribution in [0.5, 0.6) is 0 Å². The fraction of sp³-hybridized carbons (Fsp3) is 0.830. The highest BCUT2D eigenvalue weighted by Gasteiger charge is 2.23. The van der Waals surface area contributed by atoms with Gasteiger partial charge in [-0.05, 0) is 111 Å². The second-order valence-corrected chi connectivity index (χ2v) is 17.4. The van der Waals surface area contributed by atoms with Crippen LogP contribution < -0.4 is 0 Å². The molecule has 1 unspecified atom stereocenters. The van der Waals surface area contributed by atoms with E-state index in [1.165, 1.54) is 193 Å². The van der Waals surface area contributed by atoms with Crippen molar-refractivity contribution in [2.75, 3.05) is 33.7 Å². The van der Waals surface area contributed by atoms with Gasteiger partial charge in [0.25, 0.3) is 0 Å². The van der Waals surface area contributed by atoms with Crippen molar-refractivity contribution in [2.24, 2.45) is 5.92 Å². The van der Waals surface area contributed by atoms with Gasteiger partial charge in [0.2, 0.25) is 5.91 Å². The summed E-state index contributed by atoms with van der Waals surface area (Å²) < 4.78 is 0. The Kier molecular flexibility index (Phi) is 44.8. The van der Waals surface area contributed by atoms with Crippen LogP contribution in [0, 0.1) is 5.92 Å². The number of hydrogen-bond donors (Lipinski definition) is 0. The van der Waals surface area contributed by atoms with E-state index in [0.717, 1.165) is 51.7 Å². The molecule has 3 heteroatoms. The average molecular weight is 781 g/mol. The van der Waals surface area contributed by atoms with Gasteiger partial charge in [-0.3, -0.25) is 4.79 Å². The molecule has 56 heavy (non-hydrogen) atoms. The molecule has 0 radical (unpaired) electrons. The Labute approximate surface area is 353 Å². The summed E-state index contributed by atoms with van der Waals surface area (Å²) in [6, 6.07) is 0. The number of allylic oxidation sites excluding steroid dienone is 8. The zero-order valence-corrected chi connectivity index (χ0v) is 38.9. The first-order valence-corrected chi connectivity index (χ1v) is 25.1. The second-order valence-electron chi connectivity index (χ2n) is 17.4. The quantitative estimate of drug-likeness (QED) is 0.0454. The van der Waals surface area contributed by atoms with Gasteiger partial charge in [-0.2, -0.15) is 0 Å². The summed E-state index contributed by atoms with van der Waals surface area (Å²) >= 11 is 0. The van der Waals surface area contributed by atoms with E-state index >= 15 is 0 Å². The van der Waals surface area contributed by atoms with Gasteiger partial charge in [-0.15, -0.1) is 0 Å². The van der Waals surface area contributed by atoms with E-state index in [1.54, 1.807) is 0 Å². The van der Waals surface area contributed by atoms with Crippen molar-refractivity contribution < 1.29 is 4.79 Å². The Morgan fingerprint density at radius 2 is 0.696 bits per heavy atom. The van der Waals surface area contributed by atoms with Crippen molar-refractivity contribution in [3.8, 4) is 0 Å². The molecule has 0 fully saturated rings. The first kappa shape index (κ1) is 54.4. The highest BCUT2D eigenvalue weighted by Crippen LogP contribution is 2.23. The Bertz CT molecular complexity index is 901. The first-order chi connectivity index (χ1) is 27.6. The van der Waals surface area contributed by atoms with Gasteiger partial charge in [0, 0.05) is 19.0 Å². The minimum atomic E-state index is 0.225. The second kappa shape index (κ2) is 46.1. The summed E-state index contributed by atoms with van der Waals surface area (Å²) in [4.78, 5) is 18.8. The average Bonchev–Trinajstić information content (AvgIpc) is 3.19. The minimum Gasteiger partial charge on any atom is -0.342 e. The molecule has 0 aromatic heterocycles. The lowest BCUT2D eigenvalue weighted by Gasteiger charge is -2.28. The molecular weight excluding hydrogens is 681 g/mol. The lowest BCUT2D eigenvalue weighted by atomic mass is 9.92. The van der Waals surface area contributed by atoms with Crippen molar-refractivity contribution >= 4 is 5.91 Å². The van der Waals surface area contributed by atoms with Crippen LogP contribution in [0.25, 0.3) is 0 Å². The van der Waals surface area contributed by atoms with E-state index in [-0.39, 0.29) is 5.92 Å². The molecule has 328 valence electrons. The predicted molar refractivity (Wildman–Crippen MR) is 254 cm³/mol. The number of nitrogens with zero attached hydrogens (tertiary/aromatic N) is 2. The number of unbranched alkanes of at least 4 members (excludes halogenated alkanes) is 25. The van der Waals surface area contributed by atoms with Gasteiger partial charge in [0.15, 0.2) is 0 Å². The molecule has 0 saturated carbocycles. The topological polar surface area (TPSA) is 23.6 Å². The summed E-state index contributed by atoms with van der Waals surface area (Å²) in [6.45, 7) is 9.79. The third-order valence-electron chi connectivity index (χ3n) is 11.5. The van der Waals surface area contributed by atoms with Crippen molar-refractivity contribution in [1.29, 1.82) is 0 Å². The van der Waals surface area contributed by atoms with Gasteiger partial charge in [-0.1, -0.05) is 204 Å². The Morgan fingerprint density at radius 1 is 0.375 bits per heavy atom. The summed E-state index contributed by atoms with van der Waals surface area (Å²) in [5.41, 5.74) is 0. The molecule has 0 aromatic carbocycles. The smallest absolute Gasteiger partial charge is 0.225 e. The molecule has 0 aliphatic heterocycles. The van der Waals surface area contributed by atoms with E-state index in [9.17, 15) is 4.79 Å². The zero-order chi connectivity index (χ0) is 40.8. The number of rotatable bonds is 44. The predicted octanol–water partition coefficient (Wildman–Crippen LogP) is 16.9. The zero-order valence-electron chi connectivity index (χ0n) is 38.9. The van der Waals surface area contributed by atoms with Crippen LogP contribution in [0.1, 0.15) is 245 Å². The monoisotopic (exact) mass is 781 g/mol. The summed E-state index contributed by atoms with van der Waals surface area (Å²) in [7, 11) is 4.31.